The fourth-order valence-corrected chi connectivity index (χ4v) is 7.26. The van der Waals surface area contributed by atoms with Crippen LogP contribution in [0.2, 0.25) is 0 Å². The highest BCUT2D eigenvalue weighted by Gasteiger charge is 2.31. The lowest BCUT2D eigenvalue weighted by molar-refractivity contribution is -0.137. The molecular weight excluding hydrogens is 799 g/mol. The highest BCUT2D eigenvalue weighted by molar-refractivity contribution is 6.12. The van der Waals surface area contributed by atoms with Gasteiger partial charge in [0.05, 0.1) is 6.61 Å². The van der Waals surface area contributed by atoms with Gasteiger partial charge in [-0.3, -0.25) is 24.1 Å². The monoisotopic (exact) mass is 859 g/mol. The van der Waals surface area contributed by atoms with E-state index in [0.717, 1.165) is 52.6 Å². The van der Waals surface area contributed by atoms with Crippen LogP contribution in [0.25, 0.3) is 11.1 Å². The molecule has 6 rings (SSSR count). The normalized spacial score (nSPS) is 13.3. The molecule has 0 fully saturated rings. The minimum Gasteiger partial charge on any atom is -0.449 e. The molecule has 4 aromatic carbocycles. The molecule has 0 bridgehead atoms. The number of aliphatic hydroxyl groups is 1. The number of anilines is 1. The van der Waals surface area contributed by atoms with Crippen molar-refractivity contribution >= 4 is 41.2 Å². The van der Waals surface area contributed by atoms with E-state index in [2.05, 4.69) is 33.4 Å². The zero-order valence-corrected chi connectivity index (χ0v) is 36.7. The maximum Gasteiger partial charge on any atom is 0.407 e. The fraction of sp³-hybridized carbons (Fsp3) is 0.360. The molecule has 0 saturated carbocycles. The lowest BCUT2D eigenvalue weighted by atomic mass is 9.98. The molecule has 0 aromatic heterocycles. The van der Waals surface area contributed by atoms with Crippen LogP contribution in [-0.2, 0) is 41.7 Å². The number of benzene rings is 4. The Hall–Kier alpha value is -6.44. The van der Waals surface area contributed by atoms with E-state index in [4.69, 9.17) is 4.74 Å². The Labute approximate surface area is 370 Å². The molecule has 63 heavy (non-hydrogen) atoms. The summed E-state index contributed by atoms with van der Waals surface area (Å²) >= 11 is 0. The van der Waals surface area contributed by atoms with E-state index in [1.807, 2.05) is 87.6 Å². The molecule has 4 aromatic rings. The first-order chi connectivity index (χ1) is 30.6. The third-order valence-corrected chi connectivity index (χ3v) is 10.5. The third kappa shape index (κ3) is 15.2. The Morgan fingerprint density at radius 2 is 1.30 bits per heavy atom. The van der Waals surface area contributed by atoms with Crippen LogP contribution in [0.15, 0.2) is 115 Å². The van der Waals surface area contributed by atoms with E-state index >= 15 is 0 Å². The molecule has 5 amide bonds. The average Bonchev–Trinajstić information content (AvgIpc) is 3.80. The molecule has 0 unspecified atom stereocenters. The van der Waals surface area contributed by atoms with Crippen LogP contribution in [0, 0.1) is 0 Å². The van der Waals surface area contributed by atoms with E-state index in [1.54, 1.807) is 31.2 Å². The van der Waals surface area contributed by atoms with Crippen molar-refractivity contribution in [2.75, 3.05) is 32.1 Å². The Kier molecular flexibility index (Phi) is 20.4. The number of nitrogens with zero attached hydrogens (tertiary/aromatic N) is 1. The number of fused-ring (bicyclic) bond motifs is 3. The van der Waals surface area contributed by atoms with Crippen LogP contribution >= 0.6 is 0 Å². The van der Waals surface area contributed by atoms with Gasteiger partial charge in [-0.2, -0.15) is 0 Å². The number of hydrogen-bond acceptors (Lipinski definition) is 9. The minimum absolute atomic E-state index is 0.101. The number of carbonyl (C=O) groups is 6. The van der Waals surface area contributed by atoms with Crippen molar-refractivity contribution < 1.29 is 38.6 Å². The highest BCUT2D eigenvalue weighted by atomic mass is 16.5. The number of alkyl carbamates (subject to hydrolysis) is 1. The summed E-state index contributed by atoms with van der Waals surface area (Å²) in [5, 5.41) is 20.9. The fourth-order valence-electron chi connectivity index (χ4n) is 7.26. The van der Waals surface area contributed by atoms with E-state index in [0.29, 0.717) is 38.0 Å². The molecule has 334 valence electrons. The van der Waals surface area contributed by atoms with Gasteiger partial charge in [-0.25, -0.2) is 4.79 Å². The molecule has 1 aliphatic carbocycles. The van der Waals surface area contributed by atoms with Crippen molar-refractivity contribution in [1.82, 2.24) is 20.9 Å². The van der Waals surface area contributed by atoms with Gasteiger partial charge in [-0.15, -0.1) is 0 Å². The largest absolute Gasteiger partial charge is 0.449 e. The number of hydrogen-bond donors (Lipinski definition) is 5. The summed E-state index contributed by atoms with van der Waals surface area (Å²) in [7, 11) is 1.82. The number of ether oxygens (including phenoxy) is 1. The standard InChI is InChI=1S/C37H40N4O5.C11H15NO3.C2H6/c1-38-21-9-16-33(35(43)39-27-19-17-26(23-42)18-20-27)40-36(44)34(22-25-10-3-2-4-11-25)41-37(45)46-24-32-30-14-7-5-12-28(30)29-13-6-8-15-31(29)32;1-9(13)5-3-2-4-8-12-10(14)6-7-11(12)15;1-2/h2-8,10-15,17-20,32-34,38,42H,9,16,21-24H2,1H3,(H,39,43)(H,40,44)(H,41,45);6-7H,2-5,8H2,1H3;1-2H3/t33-,34-;;/m0../s1. The van der Waals surface area contributed by atoms with Crippen molar-refractivity contribution in [1.29, 1.82) is 0 Å². The predicted molar refractivity (Wildman–Crippen MR) is 245 cm³/mol. The van der Waals surface area contributed by atoms with Crippen LogP contribution in [-0.4, -0.2) is 84.3 Å². The van der Waals surface area contributed by atoms with E-state index in [-0.39, 0.29) is 49.1 Å². The van der Waals surface area contributed by atoms with Crippen molar-refractivity contribution in [2.24, 2.45) is 0 Å². The summed E-state index contributed by atoms with van der Waals surface area (Å²) in [5.41, 5.74) is 6.56. The number of rotatable bonds is 20. The van der Waals surface area contributed by atoms with Gasteiger partial charge in [0, 0.05) is 43.1 Å². The first-order valence-corrected chi connectivity index (χ1v) is 21.7. The first kappa shape index (κ1) is 49.2. The Balaban J connectivity index is 0.000000432. The van der Waals surface area contributed by atoms with Crippen molar-refractivity contribution in [3.63, 3.8) is 0 Å². The van der Waals surface area contributed by atoms with Crippen molar-refractivity contribution in [2.45, 2.75) is 90.3 Å². The lowest BCUT2D eigenvalue weighted by Gasteiger charge is -2.24. The smallest absolute Gasteiger partial charge is 0.407 e. The number of amides is 5. The number of aliphatic hydroxyl groups excluding tert-OH is 1. The molecule has 13 heteroatoms. The molecule has 0 radical (unpaired) electrons. The molecule has 1 heterocycles. The number of Topliss-reactive ketones (excluding diaryl/α,β-unsaturated/α-hetero) is 1. The second-order valence-corrected chi connectivity index (χ2v) is 15.0. The lowest BCUT2D eigenvalue weighted by Crippen LogP contribution is -2.53. The summed E-state index contributed by atoms with van der Waals surface area (Å²) in [6, 6.07) is 30.6. The quantitative estimate of drug-likeness (QED) is 0.0470. The summed E-state index contributed by atoms with van der Waals surface area (Å²) < 4.78 is 5.75. The summed E-state index contributed by atoms with van der Waals surface area (Å²) in [5.74, 6) is -1.26. The third-order valence-electron chi connectivity index (χ3n) is 10.5. The van der Waals surface area contributed by atoms with Gasteiger partial charge in [-0.1, -0.05) is 111 Å². The number of ketones is 1. The van der Waals surface area contributed by atoms with E-state index in [9.17, 15) is 33.9 Å². The van der Waals surface area contributed by atoms with Gasteiger partial charge < -0.3 is 35.9 Å². The van der Waals surface area contributed by atoms with Gasteiger partial charge >= 0.3 is 6.09 Å². The second kappa shape index (κ2) is 26.1. The van der Waals surface area contributed by atoms with Crippen LogP contribution in [0.5, 0.6) is 0 Å². The number of nitrogens with one attached hydrogen (secondary N) is 4. The van der Waals surface area contributed by atoms with Gasteiger partial charge in [0.15, 0.2) is 0 Å². The van der Waals surface area contributed by atoms with Crippen molar-refractivity contribution in [3.05, 3.63) is 138 Å². The van der Waals surface area contributed by atoms with Crippen LogP contribution in [0.1, 0.15) is 87.5 Å². The summed E-state index contributed by atoms with van der Waals surface area (Å²) in [4.78, 5) is 74.4. The highest BCUT2D eigenvalue weighted by Crippen LogP contribution is 2.44. The second-order valence-electron chi connectivity index (χ2n) is 15.0. The topological polar surface area (TPSA) is 183 Å². The van der Waals surface area contributed by atoms with Gasteiger partial charge in [0.2, 0.25) is 11.8 Å². The van der Waals surface area contributed by atoms with Gasteiger partial charge in [0.25, 0.3) is 11.8 Å². The van der Waals surface area contributed by atoms with Crippen LogP contribution in [0.4, 0.5) is 10.5 Å². The van der Waals surface area contributed by atoms with Gasteiger partial charge in [0.1, 0.15) is 24.5 Å². The SMILES string of the molecule is CC.CC(=O)CCCCCN1C(=O)C=CC1=O.CNCCC[C@H](NC(=O)[C@H](Cc1ccccc1)NC(=O)OCC1c2ccccc2-c2ccccc21)C(=O)Nc1ccc(CO)cc1. The first-order valence-electron chi connectivity index (χ1n) is 21.7. The van der Waals surface area contributed by atoms with Crippen LogP contribution in [0.3, 0.4) is 0 Å². The Morgan fingerprint density at radius 1 is 0.698 bits per heavy atom. The van der Waals surface area contributed by atoms with E-state index < -0.39 is 24.1 Å². The molecule has 0 saturated heterocycles. The molecular formula is C50H61N5O8. The minimum atomic E-state index is -0.985. The number of imide groups is 1. The zero-order valence-electron chi connectivity index (χ0n) is 36.7. The number of unbranched alkanes of at least 4 members (excludes halogenated alkanes) is 2. The molecule has 2 aliphatic rings. The molecule has 2 atom stereocenters. The molecule has 1 aliphatic heterocycles. The average molecular weight is 860 g/mol. The zero-order chi connectivity index (χ0) is 45.6. The molecule has 13 nitrogen and oxygen atoms in total. The summed E-state index contributed by atoms with van der Waals surface area (Å²) in [6.07, 6.45) is 6.16. The molecule has 0 spiro atoms. The van der Waals surface area contributed by atoms with Crippen molar-refractivity contribution in [3.8, 4) is 11.1 Å². The number of carbonyl (C=O) groups excluding carboxylic acids is 6. The Morgan fingerprint density at radius 3 is 1.89 bits per heavy atom. The van der Waals surface area contributed by atoms with Gasteiger partial charge in [-0.05, 0) is 91.7 Å². The predicted octanol–water partition coefficient (Wildman–Crippen LogP) is 6.84. The summed E-state index contributed by atoms with van der Waals surface area (Å²) in [6.45, 7) is 6.70. The van der Waals surface area contributed by atoms with E-state index in [1.165, 1.54) is 17.1 Å². The maximum atomic E-state index is 13.7. The van der Waals surface area contributed by atoms with Crippen LogP contribution < -0.4 is 21.3 Å². The maximum absolute atomic E-state index is 13.7. The Bertz CT molecular complexity index is 2090. The molecule has 5 N–H and O–H groups in total.